The molecule has 118 valence electrons. The van der Waals surface area contributed by atoms with E-state index >= 15 is 0 Å². The number of carboxylic acids is 1. The molecule has 2 heterocycles. The molecule has 1 fully saturated rings. The van der Waals surface area contributed by atoms with Crippen molar-refractivity contribution in [2.45, 2.75) is 30.7 Å². The molecular formula is C11H15F2N3O4S. The Hall–Kier alpha value is -1.55. The van der Waals surface area contributed by atoms with Crippen molar-refractivity contribution in [1.82, 2.24) is 14.1 Å². The maximum Gasteiger partial charge on any atom is 0.307 e. The first-order chi connectivity index (χ1) is 9.80. The van der Waals surface area contributed by atoms with E-state index in [1.165, 1.54) is 0 Å². The largest absolute Gasteiger partial charge is 0.481 e. The zero-order valence-electron chi connectivity index (χ0n) is 11.0. The van der Waals surface area contributed by atoms with E-state index in [0.29, 0.717) is 12.8 Å². The highest BCUT2D eigenvalue weighted by Gasteiger charge is 2.33. The Morgan fingerprint density at radius 1 is 1.52 bits per heavy atom. The second-order valence-electron chi connectivity index (χ2n) is 4.83. The summed E-state index contributed by atoms with van der Waals surface area (Å²) >= 11 is 0. The third-order valence-corrected chi connectivity index (χ3v) is 5.12. The summed E-state index contributed by atoms with van der Waals surface area (Å²) < 4.78 is 51.1. The van der Waals surface area contributed by atoms with Gasteiger partial charge in [0.05, 0.1) is 12.1 Å². The summed E-state index contributed by atoms with van der Waals surface area (Å²) in [6.45, 7) is -0.586. The molecule has 1 atom stereocenters. The molecule has 0 amide bonds. The van der Waals surface area contributed by atoms with Crippen LogP contribution in [-0.2, 0) is 21.4 Å². The Labute approximate surface area is 120 Å². The van der Waals surface area contributed by atoms with Crippen molar-refractivity contribution in [2.75, 3.05) is 13.1 Å². The predicted molar refractivity (Wildman–Crippen MR) is 67.3 cm³/mol. The second kappa shape index (κ2) is 6.06. The number of carboxylic acid groups (broad SMARTS) is 1. The molecule has 10 heteroatoms. The van der Waals surface area contributed by atoms with E-state index in [-0.39, 0.29) is 18.0 Å². The van der Waals surface area contributed by atoms with Crippen molar-refractivity contribution < 1.29 is 27.1 Å². The monoisotopic (exact) mass is 323 g/mol. The average molecular weight is 323 g/mol. The number of halogens is 2. The summed E-state index contributed by atoms with van der Waals surface area (Å²) in [4.78, 5) is 10.8. The van der Waals surface area contributed by atoms with Crippen LogP contribution in [0.3, 0.4) is 0 Å². The molecule has 1 saturated heterocycles. The number of carbonyl (C=O) groups is 1. The third-order valence-electron chi connectivity index (χ3n) is 3.31. The third kappa shape index (κ3) is 3.56. The number of hydrogen-bond donors (Lipinski definition) is 1. The van der Waals surface area contributed by atoms with Gasteiger partial charge in [-0.15, -0.1) is 0 Å². The second-order valence-corrected chi connectivity index (χ2v) is 6.77. The molecule has 0 saturated carbocycles. The SMILES string of the molecule is O=C(O)C1CCCN(S(=O)(=O)c2cnn(CC(F)F)c2)C1. The maximum absolute atomic E-state index is 12.3. The Morgan fingerprint density at radius 2 is 2.24 bits per heavy atom. The predicted octanol–water partition coefficient (Wildman–Crippen LogP) is 0.633. The van der Waals surface area contributed by atoms with Gasteiger partial charge >= 0.3 is 5.97 Å². The van der Waals surface area contributed by atoms with Gasteiger partial charge in [-0.25, -0.2) is 17.2 Å². The Morgan fingerprint density at radius 3 is 2.86 bits per heavy atom. The van der Waals surface area contributed by atoms with Crippen LogP contribution >= 0.6 is 0 Å². The lowest BCUT2D eigenvalue weighted by molar-refractivity contribution is -0.142. The topological polar surface area (TPSA) is 92.5 Å². The first kappa shape index (κ1) is 15.8. The molecule has 0 spiro atoms. The minimum atomic E-state index is -3.90. The van der Waals surface area contributed by atoms with Gasteiger partial charge in [0.25, 0.3) is 6.43 Å². The van der Waals surface area contributed by atoms with Crippen LogP contribution < -0.4 is 0 Å². The summed E-state index contributed by atoms with van der Waals surface area (Å²) in [5.41, 5.74) is 0. The molecule has 1 aromatic heterocycles. The van der Waals surface area contributed by atoms with Crippen LogP contribution in [0, 0.1) is 5.92 Å². The van der Waals surface area contributed by atoms with Gasteiger partial charge in [0, 0.05) is 19.3 Å². The molecule has 0 aliphatic carbocycles. The summed E-state index contributed by atoms with van der Waals surface area (Å²) in [6, 6.07) is 0. The summed E-state index contributed by atoms with van der Waals surface area (Å²) in [6.07, 6.45) is 0.272. The maximum atomic E-state index is 12.3. The van der Waals surface area contributed by atoms with Crippen LogP contribution in [0.4, 0.5) is 8.78 Å². The number of alkyl halides is 2. The number of nitrogens with zero attached hydrogens (tertiary/aromatic N) is 3. The Kier molecular flexibility index (Phi) is 4.57. The fraction of sp³-hybridized carbons (Fsp3) is 0.636. The fourth-order valence-corrected chi connectivity index (χ4v) is 3.71. The first-order valence-electron chi connectivity index (χ1n) is 6.34. The molecular weight excluding hydrogens is 308 g/mol. The van der Waals surface area contributed by atoms with Crippen LogP contribution in [0.5, 0.6) is 0 Å². The highest BCUT2D eigenvalue weighted by atomic mass is 32.2. The molecule has 1 aromatic rings. The van der Waals surface area contributed by atoms with Crippen LogP contribution in [0.25, 0.3) is 0 Å². The zero-order valence-corrected chi connectivity index (χ0v) is 11.8. The van der Waals surface area contributed by atoms with Crippen LogP contribution in [0.1, 0.15) is 12.8 Å². The normalized spacial score (nSPS) is 20.8. The lowest BCUT2D eigenvalue weighted by Gasteiger charge is -2.29. The molecule has 0 radical (unpaired) electrons. The van der Waals surface area contributed by atoms with Crippen LogP contribution in [0.2, 0.25) is 0 Å². The standard InChI is InChI=1S/C11H15F2N3O4S/c12-10(13)7-15-6-9(4-14-15)21(19,20)16-3-1-2-8(5-16)11(17)18/h4,6,8,10H,1-3,5,7H2,(H,17,18). The minimum Gasteiger partial charge on any atom is -0.481 e. The fourth-order valence-electron chi connectivity index (χ4n) is 2.23. The van der Waals surface area contributed by atoms with E-state index < -0.39 is 34.9 Å². The van der Waals surface area contributed by atoms with Crippen molar-refractivity contribution in [3.05, 3.63) is 12.4 Å². The van der Waals surface area contributed by atoms with Gasteiger partial charge in [-0.3, -0.25) is 9.48 Å². The van der Waals surface area contributed by atoms with Gasteiger partial charge < -0.3 is 5.11 Å². The number of aliphatic carboxylic acids is 1. The van der Waals surface area contributed by atoms with Crippen molar-refractivity contribution in [3.63, 3.8) is 0 Å². The average Bonchev–Trinajstić information content (AvgIpc) is 2.87. The lowest BCUT2D eigenvalue weighted by atomic mass is 10.0. The van der Waals surface area contributed by atoms with Gasteiger partial charge in [0.2, 0.25) is 10.0 Å². The van der Waals surface area contributed by atoms with E-state index in [1.54, 1.807) is 0 Å². The molecule has 2 rings (SSSR count). The summed E-state index contributed by atoms with van der Waals surface area (Å²) in [5, 5.41) is 12.6. The van der Waals surface area contributed by atoms with Crippen molar-refractivity contribution in [3.8, 4) is 0 Å². The van der Waals surface area contributed by atoms with E-state index in [0.717, 1.165) is 21.4 Å². The zero-order chi connectivity index (χ0) is 15.6. The Balaban J connectivity index is 2.17. The minimum absolute atomic E-state index is 0.113. The first-order valence-corrected chi connectivity index (χ1v) is 7.78. The molecule has 1 N–H and O–H groups in total. The van der Waals surface area contributed by atoms with E-state index in [1.807, 2.05) is 0 Å². The van der Waals surface area contributed by atoms with E-state index in [2.05, 4.69) is 5.10 Å². The van der Waals surface area contributed by atoms with Gasteiger partial charge in [0.1, 0.15) is 11.4 Å². The molecule has 1 unspecified atom stereocenters. The number of hydrogen-bond acceptors (Lipinski definition) is 4. The molecule has 1 aliphatic rings. The van der Waals surface area contributed by atoms with Gasteiger partial charge in [-0.05, 0) is 12.8 Å². The summed E-state index contributed by atoms with van der Waals surface area (Å²) in [7, 11) is -3.90. The molecule has 1 aliphatic heterocycles. The van der Waals surface area contributed by atoms with Crippen molar-refractivity contribution in [1.29, 1.82) is 0 Å². The number of piperidine rings is 1. The van der Waals surface area contributed by atoms with E-state index in [9.17, 15) is 22.0 Å². The molecule has 0 aromatic carbocycles. The van der Waals surface area contributed by atoms with Crippen molar-refractivity contribution in [2.24, 2.45) is 5.92 Å². The molecule has 7 nitrogen and oxygen atoms in total. The quantitative estimate of drug-likeness (QED) is 0.858. The lowest BCUT2D eigenvalue weighted by Crippen LogP contribution is -2.42. The summed E-state index contributed by atoms with van der Waals surface area (Å²) in [5.74, 6) is -1.78. The van der Waals surface area contributed by atoms with Crippen molar-refractivity contribution >= 4 is 16.0 Å². The van der Waals surface area contributed by atoms with Gasteiger partial charge in [-0.2, -0.15) is 9.40 Å². The smallest absolute Gasteiger partial charge is 0.307 e. The van der Waals surface area contributed by atoms with Crippen LogP contribution in [-0.4, -0.2) is 53.1 Å². The number of rotatable bonds is 5. The Bertz CT molecular complexity index is 617. The highest BCUT2D eigenvalue weighted by Crippen LogP contribution is 2.23. The van der Waals surface area contributed by atoms with Gasteiger partial charge in [0.15, 0.2) is 0 Å². The molecule has 21 heavy (non-hydrogen) atoms. The van der Waals surface area contributed by atoms with Gasteiger partial charge in [-0.1, -0.05) is 0 Å². The number of sulfonamides is 1. The van der Waals surface area contributed by atoms with E-state index in [4.69, 9.17) is 5.11 Å². The molecule has 0 bridgehead atoms. The van der Waals surface area contributed by atoms with Crippen LogP contribution in [0.15, 0.2) is 17.3 Å². The number of aromatic nitrogens is 2. The highest BCUT2D eigenvalue weighted by molar-refractivity contribution is 7.89.